The molecule has 0 spiro atoms. The van der Waals surface area contributed by atoms with E-state index < -0.39 is 60.9 Å². The third kappa shape index (κ3) is 8.53. The van der Waals surface area contributed by atoms with Crippen molar-refractivity contribution >= 4 is 29.7 Å². The van der Waals surface area contributed by atoms with Gasteiger partial charge in [0.2, 0.25) is 5.91 Å². The monoisotopic (exact) mass is 424 g/mol. The highest BCUT2D eigenvalue weighted by atomic mass is 16.4. The summed E-state index contributed by atoms with van der Waals surface area (Å²) < 4.78 is 0. The lowest BCUT2D eigenvalue weighted by Gasteiger charge is -2.20. The molecule has 0 bridgehead atoms. The van der Waals surface area contributed by atoms with Gasteiger partial charge in [0, 0.05) is 6.42 Å². The van der Waals surface area contributed by atoms with Crippen molar-refractivity contribution in [2.75, 3.05) is 6.61 Å². The fourth-order valence-electron chi connectivity index (χ4n) is 2.20. The van der Waals surface area contributed by atoms with E-state index in [-0.39, 0.29) is 6.42 Å². The number of hydrogen-bond acceptors (Lipinski definition) is 7. The Morgan fingerprint density at radius 3 is 2.03 bits per heavy atom. The molecule has 1 aromatic carbocycles. The minimum atomic E-state index is -1.51. The van der Waals surface area contributed by atoms with Crippen LogP contribution in [0.5, 0.6) is 0 Å². The fourth-order valence-corrected chi connectivity index (χ4v) is 2.20. The van der Waals surface area contributed by atoms with Gasteiger partial charge in [-0.3, -0.25) is 25.2 Å². The zero-order valence-electron chi connectivity index (χ0n) is 15.8. The summed E-state index contributed by atoms with van der Waals surface area (Å²) in [5, 5.41) is 22.4. The smallest absolute Gasteiger partial charge is 0.326 e. The van der Waals surface area contributed by atoms with Crippen LogP contribution >= 0.6 is 0 Å². The van der Waals surface area contributed by atoms with Gasteiger partial charge in [-0.1, -0.05) is 30.3 Å². The van der Waals surface area contributed by atoms with E-state index in [4.69, 9.17) is 16.6 Å². The number of aliphatic carboxylic acids is 1. The van der Waals surface area contributed by atoms with Crippen LogP contribution in [0, 0.1) is 0 Å². The summed E-state index contributed by atoms with van der Waals surface area (Å²) >= 11 is 0. The number of carbonyl (C=O) groups excluding carboxylic acids is 4. The molecule has 0 saturated heterocycles. The highest BCUT2D eigenvalue weighted by Crippen LogP contribution is 2.04. The van der Waals surface area contributed by atoms with Crippen molar-refractivity contribution < 1.29 is 34.2 Å². The van der Waals surface area contributed by atoms with Gasteiger partial charge >= 0.3 is 12.0 Å². The normalized spacial score (nSPS) is 13.3. The molecule has 0 saturated carbocycles. The lowest BCUT2D eigenvalue weighted by Crippen LogP contribution is -2.58. The second-order valence-corrected chi connectivity index (χ2v) is 6.19. The van der Waals surface area contributed by atoms with E-state index in [0.717, 1.165) is 0 Å². The van der Waals surface area contributed by atoms with Crippen LogP contribution in [0.2, 0.25) is 0 Å². The van der Waals surface area contributed by atoms with E-state index in [1.807, 2.05) is 10.9 Å². The number of hydrazine groups is 1. The first-order chi connectivity index (χ1) is 14.1. The quantitative estimate of drug-likeness (QED) is 0.177. The van der Waals surface area contributed by atoms with Crippen LogP contribution in [-0.4, -0.2) is 64.7 Å². The first-order valence-electron chi connectivity index (χ1n) is 8.72. The van der Waals surface area contributed by atoms with Crippen LogP contribution in [0.4, 0.5) is 4.79 Å². The van der Waals surface area contributed by atoms with Gasteiger partial charge in [-0.15, -0.1) is 0 Å². The number of benzene rings is 1. The summed E-state index contributed by atoms with van der Waals surface area (Å²) in [5.41, 5.74) is 14.8. The number of hydrogen-bond donors (Lipinski definition) is 8. The molecule has 0 radical (unpaired) electrons. The maximum absolute atomic E-state index is 12.2. The molecule has 0 aromatic heterocycles. The van der Waals surface area contributed by atoms with Crippen molar-refractivity contribution in [3.8, 4) is 0 Å². The first kappa shape index (κ1) is 24.3. The summed E-state index contributed by atoms with van der Waals surface area (Å²) in [4.78, 5) is 58.4. The first-order valence-corrected chi connectivity index (χ1v) is 8.72. The van der Waals surface area contributed by atoms with Gasteiger partial charge < -0.3 is 32.3 Å². The molecule has 30 heavy (non-hydrogen) atoms. The highest BCUT2D eigenvalue weighted by Gasteiger charge is 2.27. The third-order valence-electron chi connectivity index (χ3n) is 3.76. The average molecular weight is 424 g/mol. The van der Waals surface area contributed by atoms with E-state index in [2.05, 4.69) is 10.6 Å². The maximum atomic E-state index is 12.2. The second kappa shape index (κ2) is 12.0. The number of carboxylic acids is 1. The summed E-state index contributed by atoms with van der Waals surface area (Å²) in [6.07, 6.45) is -0.650. The van der Waals surface area contributed by atoms with Gasteiger partial charge in [-0.25, -0.2) is 9.59 Å². The Balaban J connectivity index is 2.74. The van der Waals surface area contributed by atoms with E-state index >= 15 is 0 Å². The lowest BCUT2D eigenvalue weighted by atomic mass is 10.1. The van der Waals surface area contributed by atoms with Crippen LogP contribution in [0.25, 0.3) is 0 Å². The molecule has 1 rings (SSSR count). The molecule has 1 aromatic rings. The zero-order chi connectivity index (χ0) is 22.7. The van der Waals surface area contributed by atoms with Crippen LogP contribution in [0.15, 0.2) is 30.3 Å². The SMILES string of the molecule is NC(=O)CC(NC(=O)NC(Cc1ccccc1)C(=O)O)C(=O)NNC(=O)C(N)CO. The van der Waals surface area contributed by atoms with Crippen molar-refractivity contribution in [3.05, 3.63) is 35.9 Å². The Morgan fingerprint density at radius 1 is 0.933 bits per heavy atom. The minimum absolute atomic E-state index is 0.0224. The van der Waals surface area contributed by atoms with Crippen LogP contribution in [-0.2, 0) is 25.6 Å². The predicted octanol–water partition coefficient (Wildman–Crippen LogP) is -3.31. The van der Waals surface area contributed by atoms with Gasteiger partial charge in [-0.05, 0) is 5.56 Å². The van der Waals surface area contributed by atoms with Crippen LogP contribution in [0.1, 0.15) is 12.0 Å². The number of nitrogens with one attached hydrogen (secondary N) is 4. The predicted molar refractivity (Wildman–Crippen MR) is 102 cm³/mol. The number of carbonyl (C=O) groups is 5. The number of carboxylic acid groups (broad SMARTS) is 1. The van der Waals surface area contributed by atoms with Crippen molar-refractivity contribution in [2.45, 2.75) is 31.0 Å². The van der Waals surface area contributed by atoms with Crippen molar-refractivity contribution in [3.63, 3.8) is 0 Å². The molecular weight excluding hydrogens is 400 g/mol. The van der Waals surface area contributed by atoms with E-state index in [1.54, 1.807) is 30.3 Å². The number of amides is 5. The standard InChI is InChI=1S/C17H24N6O7/c18-10(8-24)14(26)22-23-15(27)11(7-13(19)25)20-17(30)21-12(16(28)29)6-9-4-2-1-3-5-9/h1-5,10-12,24H,6-8,18H2,(H2,19,25)(H,22,26)(H,23,27)(H,28,29)(H2,20,21,30). The summed E-state index contributed by atoms with van der Waals surface area (Å²) in [6.45, 7) is -0.676. The van der Waals surface area contributed by atoms with Crippen molar-refractivity contribution in [2.24, 2.45) is 11.5 Å². The summed E-state index contributed by atoms with van der Waals surface area (Å²) in [6, 6.07) is 3.35. The molecule has 0 aliphatic heterocycles. The third-order valence-corrected chi connectivity index (χ3v) is 3.76. The molecule has 13 heteroatoms. The molecule has 0 heterocycles. The van der Waals surface area contributed by atoms with E-state index in [1.165, 1.54) is 0 Å². The topological polar surface area (TPSA) is 226 Å². The number of primary amides is 1. The van der Waals surface area contributed by atoms with Gasteiger partial charge in [-0.2, -0.15) is 0 Å². The largest absolute Gasteiger partial charge is 0.480 e. The number of aliphatic hydroxyl groups excluding tert-OH is 1. The molecular formula is C17H24N6O7. The molecule has 13 nitrogen and oxygen atoms in total. The number of aliphatic hydroxyl groups is 1. The summed E-state index contributed by atoms with van der Waals surface area (Å²) in [5.74, 6) is -4.18. The van der Waals surface area contributed by atoms with Gasteiger partial charge in [0.15, 0.2) is 0 Å². The Hall–Kier alpha value is -3.71. The molecule has 3 atom stereocenters. The Morgan fingerprint density at radius 2 is 1.50 bits per heavy atom. The molecule has 0 aliphatic carbocycles. The minimum Gasteiger partial charge on any atom is -0.480 e. The van der Waals surface area contributed by atoms with Crippen LogP contribution in [0.3, 0.4) is 0 Å². The molecule has 5 amide bonds. The Labute approximate surface area is 171 Å². The fraction of sp³-hybridized carbons (Fsp3) is 0.353. The number of rotatable bonds is 10. The van der Waals surface area contributed by atoms with Gasteiger partial charge in [0.05, 0.1) is 13.0 Å². The molecule has 10 N–H and O–H groups in total. The number of urea groups is 1. The summed E-state index contributed by atoms with van der Waals surface area (Å²) in [7, 11) is 0. The number of nitrogens with two attached hydrogens (primary N) is 2. The van der Waals surface area contributed by atoms with Crippen LogP contribution < -0.4 is 33.0 Å². The molecule has 164 valence electrons. The average Bonchev–Trinajstić information content (AvgIpc) is 2.70. The zero-order valence-corrected chi connectivity index (χ0v) is 15.8. The van der Waals surface area contributed by atoms with Crippen molar-refractivity contribution in [1.29, 1.82) is 0 Å². The lowest BCUT2D eigenvalue weighted by molar-refractivity contribution is -0.139. The molecule has 0 aliphatic rings. The van der Waals surface area contributed by atoms with Crippen molar-refractivity contribution in [1.82, 2.24) is 21.5 Å². The Kier molecular flexibility index (Phi) is 9.72. The molecule has 0 fully saturated rings. The molecule has 3 unspecified atom stereocenters. The highest BCUT2D eigenvalue weighted by molar-refractivity contribution is 5.93. The van der Waals surface area contributed by atoms with E-state index in [9.17, 15) is 29.1 Å². The maximum Gasteiger partial charge on any atom is 0.326 e. The Bertz CT molecular complexity index is 773. The second-order valence-electron chi connectivity index (χ2n) is 6.19. The van der Waals surface area contributed by atoms with E-state index in [0.29, 0.717) is 5.56 Å². The van der Waals surface area contributed by atoms with Gasteiger partial charge in [0.25, 0.3) is 11.8 Å². The van der Waals surface area contributed by atoms with Gasteiger partial charge in [0.1, 0.15) is 18.1 Å².